The molecule has 0 aliphatic heterocycles. The molecule has 0 fully saturated rings. The summed E-state index contributed by atoms with van der Waals surface area (Å²) in [4.78, 5) is 45.7. The lowest BCUT2D eigenvalue weighted by Gasteiger charge is -2.13. The molecule has 27 heavy (non-hydrogen) atoms. The Morgan fingerprint density at radius 3 is 2.48 bits per heavy atom. The van der Waals surface area contributed by atoms with Gasteiger partial charge < -0.3 is 14.8 Å². The Morgan fingerprint density at radius 2 is 1.81 bits per heavy atom. The highest BCUT2D eigenvalue weighted by Gasteiger charge is 2.20. The number of ether oxygens (including phenoxy) is 2. The lowest BCUT2D eigenvalue weighted by atomic mass is 10.1. The lowest BCUT2D eigenvalue weighted by Crippen LogP contribution is -2.41. The molecule has 0 unspecified atom stereocenters. The fraction of sp³-hybridized carbons (Fsp3) is 0.167. The summed E-state index contributed by atoms with van der Waals surface area (Å²) < 4.78 is 9.82. The van der Waals surface area contributed by atoms with Gasteiger partial charge in [-0.2, -0.15) is 0 Å². The van der Waals surface area contributed by atoms with Gasteiger partial charge in [0, 0.05) is 17.7 Å². The minimum Gasteiger partial charge on any atom is -0.456 e. The zero-order valence-corrected chi connectivity index (χ0v) is 14.3. The summed E-state index contributed by atoms with van der Waals surface area (Å²) in [6.45, 7) is 0.756. The summed E-state index contributed by atoms with van der Waals surface area (Å²) in [7, 11) is 0. The molecule has 1 atom stereocenters. The van der Waals surface area contributed by atoms with Crippen molar-refractivity contribution in [3.63, 3.8) is 0 Å². The zero-order chi connectivity index (χ0) is 19.8. The number of esters is 1. The van der Waals surface area contributed by atoms with Crippen LogP contribution >= 0.6 is 0 Å². The second kappa shape index (κ2) is 9.09. The maximum atomic E-state index is 12.0. The molecule has 2 rings (SSSR count). The van der Waals surface area contributed by atoms with Gasteiger partial charge >= 0.3 is 12.1 Å². The van der Waals surface area contributed by atoms with Crippen LogP contribution in [0.2, 0.25) is 0 Å². The average Bonchev–Trinajstić information content (AvgIpc) is 2.66. The molecule has 9 nitrogen and oxygen atoms in total. The fourth-order valence-corrected chi connectivity index (χ4v) is 2.00. The zero-order valence-electron chi connectivity index (χ0n) is 14.3. The van der Waals surface area contributed by atoms with Crippen LogP contribution in [0.1, 0.15) is 17.3 Å². The van der Waals surface area contributed by atoms with Crippen LogP contribution in [0.25, 0.3) is 0 Å². The first-order chi connectivity index (χ1) is 12.9. The van der Waals surface area contributed by atoms with Gasteiger partial charge in [0.15, 0.2) is 6.61 Å². The van der Waals surface area contributed by atoms with Crippen molar-refractivity contribution in [2.24, 2.45) is 0 Å². The molecule has 0 aliphatic carbocycles. The van der Waals surface area contributed by atoms with Crippen molar-refractivity contribution in [1.82, 2.24) is 5.32 Å². The van der Waals surface area contributed by atoms with E-state index in [0.29, 0.717) is 5.75 Å². The first-order valence-electron chi connectivity index (χ1n) is 7.84. The number of para-hydroxylation sites is 1. The van der Waals surface area contributed by atoms with Gasteiger partial charge in [0.25, 0.3) is 5.69 Å². The minimum atomic E-state index is -1.06. The van der Waals surface area contributed by atoms with Crippen LogP contribution in [-0.2, 0) is 9.53 Å². The van der Waals surface area contributed by atoms with E-state index in [0.717, 1.165) is 6.07 Å². The molecule has 2 aromatic carbocycles. The second-order valence-electron chi connectivity index (χ2n) is 5.41. The smallest absolute Gasteiger partial charge is 0.413 e. The summed E-state index contributed by atoms with van der Waals surface area (Å²) in [5.41, 5.74) is -0.202. The van der Waals surface area contributed by atoms with Crippen LogP contribution in [0.4, 0.5) is 10.5 Å². The van der Waals surface area contributed by atoms with E-state index in [2.05, 4.69) is 5.32 Å². The number of hydrogen-bond donors (Lipinski definition) is 1. The maximum absolute atomic E-state index is 12.0. The van der Waals surface area contributed by atoms with E-state index in [1.165, 1.54) is 25.1 Å². The molecule has 0 spiro atoms. The van der Waals surface area contributed by atoms with Crippen LogP contribution < -0.4 is 10.1 Å². The van der Waals surface area contributed by atoms with Gasteiger partial charge in [-0.1, -0.05) is 30.3 Å². The van der Waals surface area contributed by atoms with Gasteiger partial charge in [-0.05, 0) is 19.1 Å². The molecule has 0 saturated heterocycles. The number of Topliss-reactive ketones (excluding diaryl/α,β-unsaturated/α-hetero) is 1. The molecule has 0 heterocycles. The molecule has 0 bridgehead atoms. The molecule has 0 radical (unpaired) electrons. The van der Waals surface area contributed by atoms with Gasteiger partial charge in [0.05, 0.1) is 4.92 Å². The summed E-state index contributed by atoms with van der Waals surface area (Å²) in [5, 5.41) is 13.0. The van der Waals surface area contributed by atoms with Gasteiger partial charge in [0.1, 0.15) is 11.8 Å². The number of nitro benzene ring substituents is 1. The highest BCUT2D eigenvalue weighted by atomic mass is 16.6. The molecule has 140 valence electrons. The van der Waals surface area contributed by atoms with E-state index in [1.54, 1.807) is 30.3 Å². The molecule has 0 aromatic heterocycles. The number of nitro groups is 1. The van der Waals surface area contributed by atoms with Gasteiger partial charge in [-0.25, -0.2) is 9.59 Å². The van der Waals surface area contributed by atoms with E-state index in [9.17, 15) is 24.5 Å². The van der Waals surface area contributed by atoms with Crippen molar-refractivity contribution in [1.29, 1.82) is 0 Å². The number of ketones is 1. The van der Waals surface area contributed by atoms with E-state index in [4.69, 9.17) is 9.47 Å². The van der Waals surface area contributed by atoms with E-state index < -0.39 is 35.4 Å². The Balaban J connectivity index is 1.83. The van der Waals surface area contributed by atoms with Crippen molar-refractivity contribution in [3.8, 4) is 5.75 Å². The summed E-state index contributed by atoms with van der Waals surface area (Å²) in [6.07, 6.45) is -0.851. The standard InChI is InChI=1S/C18H16N2O7/c1-12(19-18(23)27-15-8-3-2-4-9-15)17(22)26-11-16(21)13-6-5-7-14(10-13)20(24)25/h2-10,12H,11H2,1H3,(H,19,23)/t12-/m0/s1. The number of rotatable bonds is 7. The first kappa shape index (κ1) is 19.6. The number of hydrogen-bond acceptors (Lipinski definition) is 7. The summed E-state index contributed by atoms with van der Waals surface area (Å²) in [5.74, 6) is -1.15. The number of benzene rings is 2. The molecule has 1 amide bonds. The van der Waals surface area contributed by atoms with Crippen LogP contribution in [-0.4, -0.2) is 35.4 Å². The Labute approximate surface area is 154 Å². The van der Waals surface area contributed by atoms with Gasteiger partial charge in [0.2, 0.25) is 5.78 Å². The third kappa shape index (κ3) is 5.92. The highest BCUT2D eigenvalue weighted by molar-refractivity contribution is 5.98. The monoisotopic (exact) mass is 372 g/mol. The third-order valence-electron chi connectivity index (χ3n) is 3.37. The topological polar surface area (TPSA) is 125 Å². The molecule has 1 N–H and O–H groups in total. The Kier molecular flexibility index (Phi) is 6.59. The Hall–Kier alpha value is -3.75. The number of carbonyl (C=O) groups excluding carboxylic acids is 3. The van der Waals surface area contributed by atoms with Crippen molar-refractivity contribution >= 4 is 23.5 Å². The molecule has 2 aromatic rings. The predicted octanol–water partition coefficient (Wildman–Crippen LogP) is 2.50. The van der Waals surface area contributed by atoms with Crippen molar-refractivity contribution in [3.05, 3.63) is 70.3 Å². The van der Waals surface area contributed by atoms with E-state index in [-0.39, 0.29) is 11.3 Å². The van der Waals surface area contributed by atoms with Gasteiger partial charge in [-0.3, -0.25) is 14.9 Å². The second-order valence-corrected chi connectivity index (χ2v) is 5.41. The number of carbonyl (C=O) groups is 3. The minimum absolute atomic E-state index is 0.0427. The number of nitrogens with one attached hydrogen (secondary N) is 1. The molecule has 0 aliphatic rings. The SMILES string of the molecule is C[C@H](NC(=O)Oc1ccccc1)C(=O)OCC(=O)c1cccc([N+](=O)[O-])c1. The molecular weight excluding hydrogens is 356 g/mol. The number of non-ortho nitro benzene ring substituents is 1. The summed E-state index contributed by atoms with van der Waals surface area (Å²) in [6, 6.07) is 12.3. The summed E-state index contributed by atoms with van der Waals surface area (Å²) >= 11 is 0. The predicted molar refractivity (Wildman–Crippen MR) is 93.4 cm³/mol. The quantitative estimate of drug-likeness (QED) is 0.342. The van der Waals surface area contributed by atoms with Crippen molar-refractivity contribution in [2.75, 3.05) is 6.61 Å². The largest absolute Gasteiger partial charge is 0.456 e. The normalized spacial score (nSPS) is 11.1. The highest BCUT2D eigenvalue weighted by Crippen LogP contribution is 2.13. The number of nitrogens with zero attached hydrogens (tertiary/aromatic N) is 1. The lowest BCUT2D eigenvalue weighted by molar-refractivity contribution is -0.384. The molecule has 0 saturated carbocycles. The Bertz CT molecular complexity index is 852. The van der Waals surface area contributed by atoms with E-state index in [1.807, 2.05) is 0 Å². The van der Waals surface area contributed by atoms with Crippen LogP contribution in [0.15, 0.2) is 54.6 Å². The van der Waals surface area contributed by atoms with E-state index >= 15 is 0 Å². The van der Waals surface area contributed by atoms with Crippen molar-refractivity contribution < 1.29 is 28.8 Å². The maximum Gasteiger partial charge on any atom is 0.413 e. The van der Waals surface area contributed by atoms with Crippen LogP contribution in [0, 0.1) is 10.1 Å². The van der Waals surface area contributed by atoms with Gasteiger partial charge in [-0.15, -0.1) is 0 Å². The van der Waals surface area contributed by atoms with Crippen LogP contribution in [0.5, 0.6) is 5.75 Å². The van der Waals surface area contributed by atoms with Crippen LogP contribution in [0.3, 0.4) is 0 Å². The number of amides is 1. The fourth-order valence-electron chi connectivity index (χ4n) is 2.00. The third-order valence-corrected chi connectivity index (χ3v) is 3.37. The Morgan fingerprint density at radius 1 is 1.11 bits per heavy atom. The first-order valence-corrected chi connectivity index (χ1v) is 7.84. The average molecular weight is 372 g/mol. The molecule has 9 heteroatoms. The van der Waals surface area contributed by atoms with Crippen molar-refractivity contribution in [2.45, 2.75) is 13.0 Å². The molecular formula is C18H16N2O7.